The van der Waals surface area contributed by atoms with Gasteiger partial charge in [-0.15, -0.1) is 0 Å². The maximum atomic E-state index is 13.3. The molecule has 30 heavy (non-hydrogen) atoms. The lowest BCUT2D eigenvalue weighted by Crippen LogP contribution is -2.25. The topological polar surface area (TPSA) is 69.3 Å². The molecule has 1 amide bonds. The third kappa shape index (κ3) is 4.30. The van der Waals surface area contributed by atoms with Gasteiger partial charge >= 0.3 is 0 Å². The Morgan fingerprint density at radius 2 is 1.87 bits per heavy atom. The molecular formula is C23H15BrN4OS. The number of rotatable bonds is 4. The Morgan fingerprint density at radius 1 is 1.13 bits per heavy atom. The first kappa shape index (κ1) is 20.0. The number of hydrogen-bond donors (Lipinski definition) is 0. The maximum Gasteiger partial charge on any atom is 0.280 e. The number of nitriles is 1. The van der Waals surface area contributed by atoms with E-state index >= 15 is 0 Å². The number of carbonyl (C=O) groups excluding carboxylic acids is 1. The summed E-state index contributed by atoms with van der Waals surface area (Å²) in [7, 11) is 0. The molecule has 0 saturated heterocycles. The second-order valence-corrected chi connectivity index (χ2v) is 8.49. The van der Waals surface area contributed by atoms with Crippen molar-refractivity contribution in [2.24, 2.45) is 5.10 Å². The van der Waals surface area contributed by atoms with Crippen molar-refractivity contribution in [3.05, 3.63) is 93.5 Å². The van der Waals surface area contributed by atoms with Gasteiger partial charge in [-0.05, 0) is 66.6 Å². The average Bonchev–Trinajstić information content (AvgIpc) is 3.18. The van der Waals surface area contributed by atoms with E-state index < -0.39 is 0 Å². The summed E-state index contributed by atoms with van der Waals surface area (Å²) in [6, 6.07) is 22.1. The van der Waals surface area contributed by atoms with Crippen molar-refractivity contribution >= 4 is 54.7 Å². The number of aryl methyl sites for hydroxylation is 1. The summed E-state index contributed by atoms with van der Waals surface area (Å²) in [5.41, 5.74) is 3.72. The molecule has 5 nitrogen and oxygen atoms in total. The molecule has 0 spiro atoms. The fourth-order valence-electron chi connectivity index (χ4n) is 2.78. The molecule has 4 aromatic rings. The molecule has 0 radical (unpaired) electrons. The van der Waals surface area contributed by atoms with E-state index in [0.29, 0.717) is 16.3 Å². The van der Waals surface area contributed by atoms with Gasteiger partial charge < -0.3 is 0 Å². The molecule has 0 saturated carbocycles. The monoisotopic (exact) mass is 474 g/mol. The van der Waals surface area contributed by atoms with Gasteiger partial charge in [0.25, 0.3) is 5.91 Å². The number of fused-ring (bicyclic) bond motifs is 1. The highest BCUT2D eigenvalue weighted by molar-refractivity contribution is 9.10. The number of nitrogens with zero attached hydrogens (tertiary/aromatic N) is 4. The summed E-state index contributed by atoms with van der Waals surface area (Å²) in [6.45, 7) is 2.02. The van der Waals surface area contributed by atoms with Crippen LogP contribution < -0.4 is 5.01 Å². The molecule has 1 aromatic heterocycles. The Labute approximate surface area is 186 Å². The fourth-order valence-corrected chi connectivity index (χ4v) is 4.07. The summed E-state index contributed by atoms with van der Waals surface area (Å²) < 4.78 is 1.95. The van der Waals surface area contributed by atoms with Gasteiger partial charge in [-0.2, -0.15) is 15.4 Å². The smallest absolute Gasteiger partial charge is 0.267 e. The minimum absolute atomic E-state index is 0.316. The second-order valence-electron chi connectivity index (χ2n) is 6.57. The van der Waals surface area contributed by atoms with Crippen molar-refractivity contribution in [2.45, 2.75) is 6.92 Å². The van der Waals surface area contributed by atoms with Crippen LogP contribution in [0.3, 0.4) is 0 Å². The van der Waals surface area contributed by atoms with Gasteiger partial charge in [-0.1, -0.05) is 45.5 Å². The van der Waals surface area contributed by atoms with E-state index in [-0.39, 0.29) is 5.91 Å². The largest absolute Gasteiger partial charge is 0.280 e. The summed E-state index contributed by atoms with van der Waals surface area (Å²) in [6.07, 6.45) is 1.63. The van der Waals surface area contributed by atoms with E-state index in [1.807, 2.05) is 49.4 Å². The molecule has 0 unspecified atom stereocenters. The Hall–Kier alpha value is -3.34. The van der Waals surface area contributed by atoms with Crippen LogP contribution in [-0.2, 0) is 0 Å². The van der Waals surface area contributed by atoms with Crippen LogP contribution in [0.4, 0.5) is 5.13 Å². The minimum Gasteiger partial charge on any atom is -0.267 e. The Bertz CT molecular complexity index is 1290. The zero-order valence-corrected chi connectivity index (χ0v) is 18.3. The zero-order valence-electron chi connectivity index (χ0n) is 15.9. The number of hydrogen-bond acceptors (Lipinski definition) is 5. The van der Waals surface area contributed by atoms with Crippen molar-refractivity contribution in [3.63, 3.8) is 0 Å². The molecular weight excluding hydrogens is 460 g/mol. The maximum absolute atomic E-state index is 13.3. The molecule has 3 aromatic carbocycles. The number of halogens is 1. The molecule has 0 N–H and O–H groups in total. The van der Waals surface area contributed by atoms with E-state index in [4.69, 9.17) is 5.26 Å². The quantitative estimate of drug-likeness (QED) is 0.272. The van der Waals surface area contributed by atoms with Crippen LogP contribution in [0.15, 0.2) is 76.3 Å². The highest BCUT2D eigenvalue weighted by Crippen LogP contribution is 2.30. The lowest BCUT2D eigenvalue weighted by atomic mass is 10.1. The van der Waals surface area contributed by atoms with Crippen molar-refractivity contribution in [3.8, 4) is 6.07 Å². The highest BCUT2D eigenvalue weighted by atomic mass is 79.9. The molecule has 0 bridgehead atoms. The molecule has 4 rings (SSSR count). The molecule has 0 aliphatic carbocycles. The third-order valence-electron chi connectivity index (χ3n) is 4.36. The predicted molar refractivity (Wildman–Crippen MR) is 124 cm³/mol. The SMILES string of the molecule is Cc1ccc2nc(N(/N=C/c3ccc(Br)cc3)C(=O)c3ccc(C#N)cc3)sc2c1. The van der Waals surface area contributed by atoms with Gasteiger partial charge in [0.05, 0.1) is 28.1 Å². The third-order valence-corrected chi connectivity index (χ3v) is 5.88. The number of amides is 1. The average molecular weight is 475 g/mol. The fraction of sp³-hybridized carbons (Fsp3) is 0.0435. The van der Waals surface area contributed by atoms with Crippen molar-refractivity contribution in [1.29, 1.82) is 5.26 Å². The number of thiazole rings is 1. The van der Waals surface area contributed by atoms with Crippen LogP contribution in [0.5, 0.6) is 0 Å². The first-order valence-electron chi connectivity index (χ1n) is 9.05. The molecule has 0 fully saturated rings. The summed E-state index contributed by atoms with van der Waals surface area (Å²) in [5.74, 6) is -0.316. The molecule has 0 atom stereocenters. The Morgan fingerprint density at radius 3 is 2.57 bits per heavy atom. The molecule has 1 heterocycles. The van der Waals surface area contributed by atoms with Gasteiger partial charge in [-0.3, -0.25) is 4.79 Å². The van der Waals surface area contributed by atoms with Crippen molar-refractivity contribution in [1.82, 2.24) is 4.98 Å². The number of carbonyl (C=O) groups is 1. The van der Waals surface area contributed by atoms with Crippen molar-refractivity contribution in [2.75, 3.05) is 5.01 Å². The minimum atomic E-state index is -0.316. The molecule has 0 aliphatic heterocycles. The normalized spacial score (nSPS) is 11.0. The van der Waals surface area contributed by atoms with Gasteiger partial charge in [-0.25, -0.2) is 4.98 Å². The predicted octanol–water partition coefficient (Wildman–Crippen LogP) is 5.92. The van der Waals surface area contributed by atoms with E-state index in [1.165, 1.54) is 16.3 Å². The van der Waals surface area contributed by atoms with E-state index in [1.54, 1.807) is 30.5 Å². The van der Waals surface area contributed by atoms with Gasteiger partial charge in [0, 0.05) is 10.0 Å². The first-order valence-corrected chi connectivity index (χ1v) is 10.7. The number of hydrazone groups is 1. The van der Waals surface area contributed by atoms with Crippen LogP contribution >= 0.6 is 27.3 Å². The van der Waals surface area contributed by atoms with Crippen LogP contribution in [0, 0.1) is 18.3 Å². The number of benzene rings is 3. The van der Waals surface area contributed by atoms with Gasteiger partial charge in [0.15, 0.2) is 0 Å². The molecule has 7 heteroatoms. The number of aromatic nitrogens is 1. The van der Waals surface area contributed by atoms with Gasteiger partial charge in [0.2, 0.25) is 5.13 Å². The summed E-state index contributed by atoms with van der Waals surface area (Å²) >= 11 is 4.82. The van der Waals surface area contributed by atoms with E-state index in [2.05, 4.69) is 32.1 Å². The summed E-state index contributed by atoms with van der Waals surface area (Å²) in [4.78, 5) is 17.9. The van der Waals surface area contributed by atoms with Crippen LogP contribution in [0.2, 0.25) is 0 Å². The Kier molecular flexibility index (Phi) is 5.70. The van der Waals surface area contributed by atoms with Gasteiger partial charge in [0.1, 0.15) is 0 Å². The lowest BCUT2D eigenvalue weighted by molar-refractivity contribution is 0.0988. The number of anilines is 1. The first-order chi connectivity index (χ1) is 14.5. The molecule has 146 valence electrons. The van der Waals surface area contributed by atoms with E-state index in [9.17, 15) is 4.79 Å². The Balaban J connectivity index is 1.75. The summed E-state index contributed by atoms with van der Waals surface area (Å²) in [5, 5.41) is 15.3. The van der Waals surface area contributed by atoms with Crippen LogP contribution in [-0.4, -0.2) is 17.1 Å². The standard InChI is InChI=1S/C23H15BrN4OS/c1-15-2-11-20-21(12-15)30-23(27-20)28(26-14-17-5-9-19(24)10-6-17)22(29)18-7-3-16(13-25)4-8-18/h2-12,14H,1H3/b26-14+. The highest BCUT2D eigenvalue weighted by Gasteiger charge is 2.21. The zero-order chi connectivity index (χ0) is 21.1. The molecule has 0 aliphatic rings. The van der Waals surface area contributed by atoms with Crippen LogP contribution in [0.1, 0.15) is 27.0 Å². The van der Waals surface area contributed by atoms with Crippen LogP contribution in [0.25, 0.3) is 10.2 Å². The van der Waals surface area contributed by atoms with E-state index in [0.717, 1.165) is 25.8 Å². The lowest BCUT2D eigenvalue weighted by Gasteiger charge is -2.14. The second kappa shape index (κ2) is 8.57. The van der Waals surface area contributed by atoms with Crippen molar-refractivity contribution < 1.29 is 4.79 Å².